The van der Waals surface area contributed by atoms with E-state index < -0.39 is 124 Å². The van der Waals surface area contributed by atoms with Crippen LogP contribution in [0.5, 0.6) is 0 Å². The molecule has 3 aliphatic rings. The van der Waals surface area contributed by atoms with Gasteiger partial charge in [0.2, 0.25) is 5.91 Å². The topological polar surface area (TPSA) is 307 Å². The Bertz CT molecular complexity index is 1870. The molecule has 3 fully saturated rings. The van der Waals surface area contributed by atoms with E-state index in [1.54, 1.807) is 6.08 Å². The van der Waals surface area contributed by atoms with Crippen molar-refractivity contribution < 1.29 is 89.4 Å². The van der Waals surface area contributed by atoms with Crippen molar-refractivity contribution >= 4 is 5.91 Å². The molecule has 0 bridgehead atoms. The zero-order valence-electron chi connectivity index (χ0n) is 55.4. The number of carbonyl (C=O) groups is 1. The zero-order chi connectivity index (χ0) is 65.4. The lowest BCUT2D eigenvalue weighted by Crippen LogP contribution is -2.66. The van der Waals surface area contributed by atoms with Crippen LogP contribution < -0.4 is 5.32 Å². The minimum atomic E-state index is -1.98. The molecule has 19 heteroatoms. The second kappa shape index (κ2) is 52.7. The lowest BCUT2D eigenvalue weighted by Gasteiger charge is -2.48. The number of nitrogens with one attached hydrogen (secondary N) is 1. The Morgan fingerprint density at radius 1 is 0.400 bits per heavy atom. The molecule has 0 spiro atoms. The monoisotopic (exact) mass is 1280 g/mol. The first-order valence-corrected chi connectivity index (χ1v) is 35.5. The molecule has 3 saturated heterocycles. The van der Waals surface area contributed by atoms with E-state index in [0.29, 0.717) is 12.8 Å². The zero-order valence-corrected chi connectivity index (χ0v) is 55.4. The Morgan fingerprint density at radius 2 is 0.744 bits per heavy atom. The number of carbonyl (C=O) groups excluding carboxylic acids is 1. The van der Waals surface area contributed by atoms with Crippen LogP contribution in [0.1, 0.15) is 251 Å². The molecule has 524 valence electrons. The fraction of sp³-hybridized carbons (Fsp3) is 0.845. The standard InChI is InChI=1S/C71H127NO18/c1-3-5-7-9-11-13-15-16-17-18-19-20-21-22-23-24-25-26-27-28-29-30-31-32-33-34-35-36-37-38-39-41-43-45-47-49-59(77)72-54(55(76)48-46-44-42-40-14-12-10-8-6-4-2)53-85-69-65(83)62(80)67(57(51-74)87-69)90-71-66(84)63(81)68(58(52-75)88-71)89-70-64(82)61(79)60(78)56(50-73)86-70/h14-16,18-19,21-22,40,46,48,54-58,60-71,73-76,78-84H,3-13,17,20,23-39,41-45,47,49-53H2,1-2H3,(H,72,77)/b16-15-,19-18-,22-21-,40-14+,48-46+. The Hall–Kier alpha value is -2.51. The molecule has 0 aromatic carbocycles. The molecular formula is C71H127NO18. The number of hydrogen-bond acceptors (Lipinski definition) is 18. The third-order valence-corrected chi connectivity index (χ3v) is 17.5. The lowest BCUT2D eigenvalue weighted by atomic mass is 9.96. The molecule has 19 nitrogen and oxygen atoms in total. The van der Waals surface area contributed by atoms with Crippen molar-refractivity contribution in [3.63, 3.8) is 0 Å². The first kappa shape index (κ1) is 81.7. The number of ether oxygens (including phenoxy) is 6. The average Bonchev–Trinajstić information content (AvgIpc) is 0.881. The van der Waals surface area contributed by atoms with Crippen LogP contribution in [0.3, 0.4) is 0 Å². The van der Waals surface area contributed by atoms with Crippen molar-refractivity contribution in [3.8, 4) is 0 Å². The minimum absolute atomic E-state index is 0.236. The summed E-state index contributed by atoms with van der Waals surface area (Å²) < 4.78 is 34.2. The Morgan fingerprint density at radius 3 is 1.20 bits per heavy atom. The summed E-state index contributed by atoms with van der Waals surface area (Å²) >= 11 is 0. The number of allylic oxidation sites excluding steroid dienone is 9. The summed E-state index contributed by atoms with van der Waals surface area (Å²) in [5.74, 6) is -0.286. The smallest absolute Gasteiger partial charge is 0.220 e. The maximum absolute atomic E-state index is 13.4. The van der Waals surface area contributed by atoms with Gasteiger partial charge in [-0.05, 0) is 70.6 Å². The quantitative estimate of drug-likeness (QED) is 0.0199. The van der Waals surface area contributed by atoms with Gasteiger partial charge >= 0.3 is 0 Å². The summed E-state index contributed by atoms with van der Waals surface area (Å²) in [6.45, 7) is 1.65. The van der Waals surface area contributed by atoms with Crippen LogP contribution in [0.2, 0.25) is 0 Å². The maximum atomic E-state index is 13.4. The van der Waals surface area contributed by atoms with Crippen LogP contribution in [-0.2, 0) is 33.2 Å². The highest BCUT2D eigenvalue weighted by molar-refractivity contribution is 5.76. The second-order valence-corrected chi connectivity index (χ2v) is 25.3. The Labute approximate surface area is 541 Å². The fourth-order valence-corrected chi connectivity index (χ4v) is 11.7. The molecule has 0 aliphatic carbocycles. The normalized spacial score (nSPS) is 28.4. The van der Waals surface area contributed by atoms with Gasteiger partial charge in [-0.3, -0.25) is 4.79 Å². The first-order chi connectivity index (χ1) is 43.8. The van der Waals surface area contributed by atoms with E-state index in [0.717, 1.165) is 51.4 Å². The second-order valence-electron chi connectivity index (χ2n) is 25.3. The molecule has 3 aliphatic heterocycles. The minimum Gasteiger partial charge on any atom is -0.394 e. The maximum Gasteiger partial charge on any atom is 0.220 e. The van der Waals surface area contributed by atoms with Gasteiger partial charge in [0, 0.05) is 6.42 Å². The van der Waals surface area contributed by atoms with E-state index >= 15 is 0 Å². The highest BCUT2D eigenvalue weighted by Gasteiger charge is 2.53. The van der Waals surface area contributed by atoms with E-state index in [1.807, 2.05) is 6.08 Å². The van der Waals surface area contributed by atoms with E-state index in [9.17, 15) is 61.0 Å². The molecule has 17 atom stereocenters. The third-order valence-electron chi connectivity index (χ3n) is 17.5. The predicted molar refractivity (Wildman–Crippen MR) is 351 cm³/mol. The highest BCUT2D eigenvalue weighted by Crippen LogP contribution is 2.33. The number of aliphatic hydroxyl groups excluding tert-OH is 11. The van der Waals surface area contributed by atoms with Gasteiger partial charge in [-0.25, -0.2) is 0 Å². The third kappa shape index (κ3) is 34.2. The summed E-state index contributed by atoms with van der Waals surface area (Å²) in [6.07, 6.45) is 38.2. The van der Waals surface area contributed by atoms with Gasteiger partial charge in [0.15, 0.2) is 18.9 Å². The van der Waals surface area contributed by atoms with Crippen LogP contribution in [0.25, 0.3) is 0 Å². The molecule has 17 unspecified atom stereocenters. The molecule has 0 aromatic heterocycles. The molecule has 1 amide bonds. The highest BCUT2D eigenvalue weighted by atomic mass is 16.8. The summed E-state index contributed by atoms with van der Waals surface area (Å²) in [7, 11) is 0. The Balaban J connectivity index is 1.31. The first-order valence-electron chi connectivity index (χ1n) is 35.5. The largest absolute Gasteiger partial charge is 0.394 e. The molecule has 0 aromatic rings. The van der Waals surface area contributed by atoms with E-state index in [-0.39, 0.29) is 18.9 Å². The molecule has 0 saturated carbocycles. The van der Waals surface area contributed by atoms with Crippen molar-refractivity contribution in [2.45, 2.75) is 356 Å². The van der Waals surface area contributed by atoms with Crippen molar-refractivity contribution in [1.29, 1.82) is 0 Å². The van der Waals surface area contributed by atoms with Crippen LogP contribution in [0.4, 0.5) is 0 Å². The molecule has 0 radical (unpaired) electrons. The number of rotatable bonds is 54. The summed E-state index contributed by atoms with van der Waals surface area (Å²) in [4.78, 5) is 13.4. The molecule has 12 N–H and O–H groups in total. The molecule has 3 rings (SSSR count). The van der Waals surface area contributed by atoms with Crippen molar-refractivity contribution in [2.24, 2.45) is 0 Å². The number of hydrogen-bond donors (Lipinski definition) is 12. The van der Waals surface area contributed by atoms with Gasteiger partial charge < -0.3 is 89.9 Å². The summed E-state index contributed by atoms with van der Waals surface area (Å²) in [5, 5.41) is 120. The average molecular weight is 1280 g/mol. The number of unbranched alkanes of at least 4 members (excludes halogenated alkanes) is 30. The number of aliphatic hydroxyl groups is 11. The molecule has 90 heavy (non-hydrogen) atoms. The van der Waals surface area contributed by atoms with E-state index in [4.69, 9.17) is 28.4 Å². The summed E-state index contributed by atoms with van der Waals surface area (Å²) in [6, 6.07) is -0.989. The Kier molecular flexibility index (Phi) is 47.9. The fourth-order valence-electron chi connectivity index (χ4n) is 11.7. The van der Waals surface area contributed by atoms with Gasteiger partial charge in [-0.1, -0.05) is 235 Å². The van der Waals surface area contributed by atoms with Crippen molar-refractivity contribution in [1.82, 2.24) is 5.32 Å². The van der Waals surface area contributed by atoms with Crippen LogP contribution in [-0.4, -0.2) is 193 Å². The van der Waals surface area contributed by atoms with Gasteiger partial charge in [-0.2, -0.15) is 0 Å². The van der Waals surface area contributed by atoms with Crippen molar-refractivity contribution in [3.05, 3.63) is 60.8 Å². The van der Waals surface area contributed by atoms with Gasteiger partial charge in [-0.15, -0.1) is 0 Å². The van der Waals surface area contributed by atoms with Gasteiger partial charge in [0.05, 0.1) is 38.6 Å². The number of amides is 1. The van der Waals surface area contributed by atoms with Crippen LogP contribution in [0.15, 0.2) is 60.8 Å². The van der Waals surface area contributed by atoms with E-state index in [2.05, 4.69) is 67.8 Å². The lowest BCUT2D eigenvalue weighted by molar-refractivity contribution is -0.379. The van der Waals surface area contributed by atoms with Crippen molar-refractivity contribution in [2.75, 3.05) is 26.4 Å². The molecule has 3 heterocycles. The van der Waals surface area contributed by atoms with Crippen LogP contribution >= 0.6 is 0 Å². The SMILES string of the molecule is CCCCCC/C=C/CC/C=C/C(O)C(COC1OC(CO)C(OC2OC(CO)C(OC3OC(CO)C(O)C(O)C3O)C(O)C2O)C(O)C1O)NC(=O)CCCCCCCCCCCCCCCCCCCCCC/C=C\C/C=C\C/C=C\CCCCCCC. The van der Waals surface area contributed by atoms with Crippen LogP contribution in [0, 0.1) is 0 Å². The summed E-state index contributed by atoms with van der Waals surface area (Å²) in [5.41, 5.74) is 0. The van der Waals surface area contributed by atoms with E-state index in [1.165, 1.54) is 167 Å². The molecular weight excluding hydrogens is 1150 g/mol. The predicted octanol–water partition coefficient (Wildman–Crippen LogP) is 9.55. The van der Waals surface area contributed by atoms with Gasteiger partial charge in [0.1, 0.15) is 73.2 Å². The van der Waals surface area contributed by atoms with Gasteiger partial charge in [0.25, 0.3) is 0 Å².